The van der Waals surface area contributed by atoms with Gasteiger partial charge in [0.15, 0.2) is 11.5 Å². The third kappa shape index (κ3) is 5.53. The average molecular weight is 448 g/mol. The third-order valence-corrected chi connectivity index (χ3v) is 6.90. The van der Waals surface area contributed by atoms with Crippen molar-refractivity contribution >= 4 is 22.1 Å². The van der Waals surface area contributed by atoms with Gasteiger partial charge in [-0.05, 0) is 67.8 Å². The third-order valence-electron chi connectivity index (χ3n) is 4.99. The monoisotopic (exact) mass is 447 g/mol. The van der Waals surface area contributed by atoms with Crippen LogP contribution in [0.4, 0.5) is 0 Å². The summed E-state index contributed by atoms with van der Waals surface area (Å²) in [5.74, 6) is -0.557. The summed E-state index contributed by atoms with van der Waals surface area (Å²) < 4.78 is 32.4. The largest absolute Gasteiger partial charge is 0.504 e. The number of phenolic OH excluding ortho intramolecular Hbond substituents is 2. The summed E-state index contributed by atoms with van der Waals surface area (Å²) in [5.41, 5.74) is 2.95. The van der Waals surface area contributed by atoms with Crippen LogP contribution in [-0.4, -0.2) is 54.8 Å². The van der Waals surface area contributed by atoms with E-state index < -0.39 is 10.0 Å². The highest BCUT2D eigenvalue weighted by molar-refractivity contribution is 7.89. The first-order chi connectivity index (χ1) is 14.8. The number of hydrogen-bond acceptors (Lipinski definition) is 7. The molecule has 0 atom stereocenters. The highest BCUT2D eigenvalue weighted by Gasteiger charge is 2.32. The summed E-state index contributed by atoms with van der Waals surface area (Å²) in [7, 11) is -3.63. The molecule has 1 saturated heterocycles. The SMILES string of the molecule is CCOc1ccc(S(=O)(=O)N2CCC(C(=O)N/N=C/c3ccc(O)c(O)c3)CC2)cc1. The quantitative estimate of drug-likeness (QED) is 0.339. The molecule has 1 aliphatic heterocycles. The average Bonchev–Trinajstić information content (AvgIpc) is 2.77. The van der Waals surface area contributed by atoms with Crippen molar-refractivity contribution in [2.75, 3.05) is 19.7 Å². The number of aromatic hydroxyl groups is 2. The van der Waals surface area contributed by atoms with E-state index in [1.165, 1.54) is 40.9 Å². The van der Waals surface area contributed by atoms with Gasteiger partial charge in [0, 0.05) is 19.0 Å². The van der Waals surface area contributed by atoms with Gasteiger partial charge in [-0.1, -0.05) is 0 Å². The number of nitrogens with zero attached hydrogens (tertiary/aromatic N) is 2. The van der Waals surface area contributed by atoms with E-state index in [1.54, 1.807) is 12.1 Å². The van der Waals surface area contributed by atoms with Gasteiger partial charge < -0.3 is 14.9 Å². The molecule has 31 heavy (non-hydrogen) atoms. The number of amides is 1. The van der Waals surface area contributed by atoms with Gasteiger partial charge in [0.2, 0.25) is 15.9 Å². The van der Waals surface area contributed by atoms with Crippen LogP contribution in [0.3, 0.4) is 0 Å². The molecule has 166 valence electrons. The van der Waals surface area contributed by atoms with Crippen molar-refractivity contribution in [2.45, 2.75) is 24.7 Å². The van der Waals surface area contributed by atoms with Crippen LogP contribution in [0.5, 0.6) is 17.2 Å². The Morgan fingerprint density at radius 1 is 1.16 bits per heavy atom. The minimum Gasteiger partial charge on any atom is -0.504 e. The fourth-order valence-electron chi connectivity index (χ4n) is 3.26. The predicted octanol–water partition coefficient (Wildman–Crippen LogP) is 2.05. The molecule has 3 N–H and O–H groups in total. The first-order valence-electron chi connectivity index (χ1n) is 9.89. The molecule has 0 radical (unpaired) electrons. The Kier molecular flexibility index (Phi) is 7.13. The Labute approximate surface area is 181 Å². The van der Waals surface area contributed by atoms with Gasteiger partial charge in [-0.15, -0.1) is 0 Å². The molecule has 0 unspecified atom stereocenters. The molecule has 0 spiro atoms. The van der Waals surface area contributed by atoms with Crippen LogP contribution in [0.2, 0.25) is 0 Å². The fourth-order valence-corrected chi connectivity index (χ4v) is 4.73. The Balaban J connectivity index is 1.53. The Morgan fingerprint density at radius 3 is 2.45 bits per heavy atom. The summed E-state index contributed by atoms with van der Waals surface area (Å²) >= 11 is 0. The van der Waals surface area contributed by atoms with E-state index in [0.29, 0.717) is 30.8 Å². The first-order valence-corrected chi connectivity index (χ1v) is 11.3. The molecule has 0 bridgehead atoms. The van der Waals surface area contributed by atoms with E-state index >= 15 is 0 Å². The molecule has 0 saturated carbocycles. The van der Waals surface area contributed by atoms with Crippen LogP contribution >= 0.6 is 0 Å². The zero-order valence-electron chi connectivity index (χ0n) is 17.1. The van der Waals surface area contributed by atoms with Crippen LogP contribution in [0.1, 0.15) is 25.3 Å². The molecule has 1 amide bonds. The Morgan fingerprint density at radius 2 is 1.84 bits per heavy atom. The molecule has 9 nitrogen and oxygen atoms in total. The Bertz CT molecular complexity index is 1050. The summed E-state index contributed by atoms with van der Waals surface area (Å²) in [5, 5.41) is 22.6. The van der Waals surface area contributed by atoms with E-state index in [2.05, 4.69) is 10.5 Å². The molecule has 2 aromatic carbocycles. The van der Waals surface area contributed by atoms with E-state index in [4.69, 9.17) is 4.74 Å². The van der Waals surface area contributed by atoms with Crippen molar-refractivity contribution in [1.82, 2.24) is 9.73 Å². The van der Waals surface area contributed by atoms with Gasteiger partial charge in [-0.3, -0.25) is 4.79 Å². The fraction of sp³-hybridized carbons (Fsp3) is 0.333. The van der Waals surface area contributed by atoms with E-state index in [0.717, 1.165) is 0 Å². The van der Waals surface area contributed by atoms with E-state index in [1.807, 2.05) is 6.92 Å². The maximum absolute atomic E-state index is 12.8. The summed E-state index contributed by atoms with van der Waals surface area (Å²) in [6.45, 7) is 2.84. The maximum Gasteiger partial charge on any atom is 0.243 e. The second-order valence-corrected chi connectivity index (χ2v) is 9.00. The molecule has 3 rings (SSSR count). The molecule has 0 aliphatic carbocycles. The normalized spacial score (nSPS) is 15.8. The zero-order valence-corrected chi connectivity index (χ0v) is 17.9. The molecular weight excluding hydrogens is 422 g/mol. The second kappa shape index (κ2) is 9.80. The van der Waals surface area contributed by atoms with Crippen LogP contribution in [0.15, 0.2) is 52.5 Å². The molecule has 10 heteroatoms. The van der Waals surface area contributed by atoms with Gasteiger partial charge in [0.25, 0.3) is 0 Å². The topological polar surface area (TPSA) is 129 Å². The van der Waals surface area contributed by atoms with Crippen molar-refractivity contribution in [2.24, 2.45) is 11.0 Å². The highest BCUT2D eigenvalue weighted by atomic mass is 32.2. The zero-order chi connectivity index (χ0) is 22.4. The molecule has 1 aliphatic rings. The molecule has 0 aromatic heterocycles. The lowest BCUT2D eigenvalue weighted by Crippen LogP contribution is -2.42. The number of sulfonamides is 1. The molecule has 1 fully saturated rings. The smallest absolute Gasteiger partial charge is 0.243 e. The number of carbonyl (C=O) groups excluding carboxylic acids is 1. The number of phenols is 2. The van der Waals surface area contributed by atoms with Crippen LogP contribution < -0.4 is 10.2 Å². The lowest BCUT2D eigenvalue weighted by molar-refractivity contribution is -0.126. The lowest BCUT2D eigenvalue weighted by Gasteiger charge is -2.30. The Hall–Kier alpha value is -3.11. The van der Waals surface area contributed by atoms with Crippen molar-refractivity contribution in [3.63, 3.8) is 0 Å². The second-order valence-electron chi connectivity index (χ2n) is 7.07. The number of carbonyl (C=O) groups is 1. The molecule has 2 aromatic rings. The lowest BCUT2D eigenvalue weighted by atomic mass is 9.98. The number of ether oxygens (including phenoxy) is 1. The van der Waals surface area contributed by atoms with Crippen LogP contribution in [0.25, 0.3) is 0 Å². The van der Waals surface area contributed by atoms with Crippen molar-refractivity contribution < 1.29 is 28.2 Å². The van der Waals surface area contributed by atoms with Gasteiger partial charge in [-0.25, -0.2) is 13.8 Å². The summed E-state index contributed by atoms with van der Waals surface area (Å²) in [6.07, 6.45) is 2.12. The number of benzene rings is 2. The molecule has 1 heterocycles. The molecular formula is C21H25N3O6S. The number of hydrogen-bond donors (Lipinski definition) is 3. The number of piperidine rings is 1. The minimum absolute atomic E-state index is 0.195. The van der Waals surface area contributed by atoms with Crippen LogP contribution in [-0.2, 0) is 14.8 Å². The van der Waals surface area contributed by atoms with Crippen molar-refractivity contribution in [1.29, 1.82) is 0 Å². The van der Waals surface area contributed by atoms with Crippen molar-refractivity contribution in [3.8, 4) is 17.2 Å². The van der Waals surface area contributed by atoms with Gasteiger partial charge >= 0.3 is 0 Å². The van der Waals surface area contributed by atoms with Gasteiger partial charge in [0.05, 0.1) is 17.7 Å². The van der Waals surface area contributed by atoms with Gasteiger partial charge in [0.1, 0.15) is 5.75 Å². The number of hydrazone groups is 1. The first kappa shape index (κ1) is 22.6. The predicted molar refractivity (Wildman–Crippen MR) is 115 cm³/mol. The minimum atomic E-state index is -3.63. The van der Waals surface area contributed by atoms with Crippen LogP contribution in [0, 0.1) is 5.92 Å². The maximum atomic E-state index is 12.8. The number of rotatable bonds is 7. The summed E-state index contributed by atoms with van der Waals surface area (Å²) in [6, 6.07) is 10.5. The standard InChI is InChI=1S/C21H25N3O6S/c1-2-30-17-4-6-18(7-5-17)31(28,29)24-11-9-16(10-12-24)21(27)23-22-14-15-3-8-19(25)20(26)13-15/h3-8,13-14,16,25-26H,2,9-12H2,1H3,(H,23,27)/b22-14+. The van der Waals surface area contributed by atoms with E-state index in [9.17, 15) is 23.4 Å². The highest BCUT2D eigenvalue weighted by Crippen LogP contribution is 2.26. The summed E-state index contributed by atoms with van der Waals surface area (Å²) in [4.78, 5) is 12.5. The van der Waals surface area contributed by atoms with Gasteiger partial charge in [-0.2, -0.15) is 9.41 Å². The van der Waals surface area contributed by atoms with E-state index in [-0.39, 0.29) is 41.3 Å². The van der Waals surface area contributed by atoms with Crippen molar-refractivity contribution in [3.05, 3.63) is 48.0 Å². The number of nitrogens with one attached hydrogen (secondary N) is 1.